The van der Waals surface area contributed by atoms with Crippen molar-refractivity contribution in [2.24, 2.45) is 0 Å². The van der Waals surface area contributed by atoms with Crippen molar-refractivity contribution in [1.29, 1.82) is 0 Å². The lowest BCUT2D eigenvalue weighted by Crippen LogP contribution is -2.23. The minimum Gasteiger partial charge on any atom is -0.491 e. The molecule has 11 heteroatoms. The van der Waals surface area contributed by atoms with Crippen molar-refractivity contribution in [3.05, 3.63) is 58.6 Å². The summed E-state index contributed by atoms with van der Waals surface area (Å²) in [7, 11) is 0. The number of aromatic nitrogens is 3. The SMILES string of the molecule is CCc1cnc(-c2cc(OC[C@@H]3CCCO3)cc(C(=O)NCc3cnc(C(F)(F)F)nc3)c2)s1. The summed E-state index contributed by atoms with van der Waals surface area (Å²) in [6.45, 7) is 3.12. The maximum atomic E-state index is 12.9. The predicted octanol–water partition coefficient (Wildman–Crippen LogP) is 4.67. The van der Waals surface area contributed by atoms with E-state index in [1.807, 2.05) is 19.2 Å². The molecule has 0 aliphatic carbocycles. The number of hydrogen-bond acceptors (Lipinski definition) is 7. The highest BCUT2D eigenvalue weighted by atomic mass is 32.1. The molecule has 1 aliphatic heterocycles. The number of carbonyl (C=O) groups is 1. The van der Waals surface area contributed by atoms with E-state index in [9.17, 15) is 18.0 Å². The molecule has 1 amide bonds. The van der Waals surface area contributed by atoms with Gasteiger partial charge in [0, 0.05) is 53.3 Å². The lowest BCUT2D eigenvalue weighted by Gasteiger charge is -2.14. The summed E-state index contributed by atoms with van der Waals surface area (Å²) < 4.78 is 49.4. The van der Waals surface area contributed by atoms with Gasteiger partial charge in [-0.2, -0.15) is 13.2 Å². The Hall–Kier alpha value is -3.05. The molecule has 1 aliphatic rings. The van der Waals surface area contributed by atoms with Crippen LogP contribution in [0.4, 0.5) is 13.2 Å². The molecule has 1 saturated heterocycles. The fourth-order valence-corrected chi connectivity index (χ4v) is 4.22. The smallest absolute Gasteiger partial charge is 0.451 e. The first-order valence-corrected chi connectivity index (χ1v) is 11.6. The summed E-state index contributed by atoms with van der Waals surface area (Å²) in [6, 6.07) is 5.19. The standard InChI is InChI=1S/C23H23F3N4O3S/c1-2-19-12-28-21(34-19)16-6-15(7-18(8-16)33-13-17-4-3-5-32-17)20(31)27-9-14-10-29-22(30-11-14)23(24,25)26/h6-8,10-12,17H,2-5,9,13H2,1H3,(H,27,31)/t17-/m0/s1. The molecule has 2 aromatic heterocycles. The Labute approximate surface area is 198 Å². The Balaban J connectivity index is 1.50. The van der Waals surface area contributed by atoms with E-state index in [-0.39, 0.29) is 12.6 Å². The Bertz CT molecular complexity index is 1130. The first-order chi connectivity index (χ1) is 16.3. The summed E-state index contributed by atoms with van der Waals surface area (Å²) in [5.41, 5.74) is 1.44. The first kappa shape index (κ1) is 24.1. The number of carbonyl (C=O) groups excluding carboxylic acids is 1. The number of hydrogen-bond donors (Lipinski definition) is 1. The second kappa shape index (κ2) is 10.5. The molecule has 4 rings (SSSR count). The van der Waals surface area contributed by atoms with Crippen LogP contribution in [0.5, 0.6) is 5.75 Å². The molecule has 3 heterocycles. The molecule has 0 spiro atoms. The van der Waals surface area contributed by atoms with Crippen LogP contribution in [0.3, 0.4) is 0 Å². The van der Waals surface area contributed by atoms with E-state index in [0.29, 0.717) is 30.1 Å². The molecule has 7 nitrogen and oxygen atoms in total. The van der Waals surface area contributed by atoms with Crippen molar-refractivity contribution in [2.45, 2.75) is 45.0 Å². The minimum atomic E-state index is -4.62. The number of nitrogens with zero attached hydrogens (tertiary/aromatic N) is 3. The highest BCUT2D eigenvalue weighted by molar-refractivity contribution is 7.15. The van der Waals surface area contributed by atoms with Crippen molar-refractivity contribution in [3.63, 3.8) is 0 Å². The number of benzene rings is 1. The molecule has 3 aromatic rings. The molecular weight excluding hydrogens is 469 g/mol. The Morgan fingerprint density at radius 1 is 1.21 bits per heavy atom. The van der Waals surface area contributed by atoms with E-state index in [1.165, 1.54) is 0 Å². The van der Waals surface area contributed by atoms with Crippen LogP contribution < -0.4 is 10.1 Å². The zero-order chi connectivity index (χ0) is 24.1. The van der Waals surface area contributed by atoms with Crippen molar-refractivity contribution in [3.8, 4) is 16.3 Å². The molecule has 1 N–H and O–H groups in total. The zero-order valence-electron chi connectivity index (χ0n) is 18.4. The van der Waals surface area contributed by atoms with Crippen molar-refractivity contribution < 1.29 is 27.4 Å². The quantitative estimate of drug-likeness (QED) is 0.492. The van der Waals surface area contributed by atoms with Gasteiger partial charge in [-0.05, 0) is 37.5 Å². The van der Waals surface area contributed by atoms with E-state index >= 15 is 0 Å². The monoisotopic (exact) mass is 492 g/mol. The van der Waals surface area contributed by atoms with Gasteiger partial charge < -0.3 is 14.8 Å². The van der Waals surface area contributed by atoms with Gasteiger partial charge >= 0.3 is 6.18 Å². The lowest BCUT2D eigenvalue weighted by atomic mass is 10.1. The molecular formula is C23H23F3N4O3S. The van der Waals surface area contributed by atoms with Crippen LogP contribution in [-0.4, -0.2) is 40.2 Å². The van der Waals surface area contributed by atoms with E-state index < -0.39 is 17.9 Å². The highest BCUT2D eigenvalue weighted by Gasteiger charge is 2.34. The Morgan fingerprint density at radius 3 is 2.65 bits per heavy atom. The number of rotatable bonds is 8. The minimum absolute atomic E-state index is 0.0205. The Morgan fingerprint density at radius 2 is 2.00 bits per heavy atom. The van der Waals surface area contributed by atoms with Gasteiger partial charge in [0.1, 0.15) is 17.4 Å². The van der Waals surface area contributed by atoms with Gasteiger partial charge in [-0.15, -0.1) is 11.3 Å². The molecule has 1 fully saturated rings. The topological polar surface area (TPSA) is 86.2 Å². The van der Waals surface area contributed by atoms with Crippen LogP contribution in [0.2, 0.25) is 0 Å². The number of nitrogens with one attached hydrogen (secondary N) is 1. The van der Waals surface area contributed by atoms with Crippen molar-refractivity contribution >= 4 is 17.2 Å². The van der Waals surface area contributed by atoms with E-state index in [4.69, 9.17) is 9.47 Å². The summed E-state index contributed by atoms with van der Waals surface area (Å²) in [4.78, 5) is 25.1. The number of aryl methyl sites for hydroxylation is 1. The van der Waals surface area contributed by atoms with Crippen molar-refractivity contribution in [2.75, 3.05) is 13.2 Å². The molecule has 1 aromatic carbocycles. The molecule has 180 valence electrons. The number of halogens is 3. The Kier molecular flexibility index (Phi) is 7.42. The highest BCUT2D eigenvalue weighted by Crippen LogP contribution is 2.30. The predicted molar refractivity (Wildman–Crippen MR) is 120 cm³/mol. The average molecular weight is 493 g/mol. The van der Waals surface area contributed by atoms with Gasteiger partial charge in [0.05, 0.1) is 6.10 Å². The fourth-order valence-electron chi connectivity index (χ4n) is 3.38. The zero-order valence-corrected chi connectivity index (χ0v) is 19.2. The van der Waals surface area contributed by atoms with Gasteiger partial charge in [-0.3, -0.25) is 4.79 Å². The lowest BCUT2D eigenvalue weighted by molar-refractivity contribution is -0.145. The van der Waals surface area contributed by atoms with Gasteiger partial charge in [0.15, 0.2) is 0 Å². The van der Waals surface area contributed by atoms with Crippen LogP contribution in [0, 0.1) is 0 Å². The van der Waals surface area contributed by atoms with E-state index in [1.54, 1.807) is 23.5 Å². The maximum Gasteiger partial charge on any atom is 0.451 e. The third-order valence-corrected chi connectivity index (χ3v) is 6.38. The average Bonchev–Trinajstić information content (AvgIpc) is 3.53. The second-order valence-corrected chi connectivity index (χ2v) is 8.89. The summed E-state index contributed by atoms with van der Waals surface area (Å²) in [5, 5.41) is 3.46. The molecule has 0 saturated carbocycles. The number of thiazole rings is 1. The van der Waals surface area contributed by atoms with Gasteiger partial charge in [-0.1, -0.05) is 6.92 Å². The fraction of sp³-hybridized carbons (Fsp3) is 0.391. The second-order valence-electron chi connectivity index (χ2n) is 7.77. The van der Waals surface area contributed by atoms with Gasteiger partial charge in [0.25, 0.3) is 5.91 Å². The van der Waals surface area contributed by atoms with E-state index in [2.05, 4.69) is 20.3 Å². The van der Waals surface area contributed by atoms with Crippen LogP contribution >= 0.6 is 11.3 Å². The third-order valence-electron chi connectivity index (χ3n) is 5.19. The molecule has 0 bridgehead atoms. The third kappa shape index (κ3) is 6.09. The largest absolute Gasteiger partial charge is 0.491 e. The molecule has 1 atom stereocenters. The van der Waals surface area contributed by atoms with Crippen LogP contribution in [-0.2, 0) is 23.9 Å². The number of alkyl halides is 3. The summed E-state index contributed by atoms with van der Waals surface area (Å²) >= 11 is 1.54. The summed E-state index contributed by atoms with van der Waals surface area (Å²) in [5.74, 6) is -1.11. The molecule has 34 heavy (non-hydrogen) atoms. The van der Waals surface area contributed by atoms with Crippen LogP contribution in [0.25, 0.3) is 10.6 Å². The van der Waals surface area contributed by atoms with E-state index in [0.717, 1.165) is 47.1 Å². The maximum absolute atomic E-state index is 12.9. The number of amides is 1. The van der Waals surface area contributed by atoms with Crippen LogP contribution in [0.1, 0.15) is 46.4 Å². The normalized spacial score (nSPS) is 15.9. The van der Waals surface area contributed by atoms with Gasteiger partial charge in [0.2, 0.25) is 5.82 Å². The van der Waals surface area contributed by atoms with Gasteiger partial charge in [-0.25, -0.2) is 15.0 Å². The van der Waals surface area contributed by atoms with Crippen molar-refractivity contribution in [1.82, 2.24) is 20.3 Å². The molecule has 0 radical (unpaired) electrons. The molecule has 0 unspecified atom stereocenters. The van der Waals surface area contributed by atoms with Crippen LogP contribution in [0.15, 0.2) is 36.8 Å². The summed E-state index contributed by atoms with van der Waals surface area (Å²) in [6.07, 6.45) is 2.08. The number of ether oxygens (including phenoxy) is 2. The first-order valence-electron chi connectivity index (χ1n) is 10.8.